The standard InChI is InChI=1S/C28H27ClF2N2O/c29-23-7-1-20(2-8-23)19-33-18-15-28(27(33)34)13-16-32(17-14-28)26(21-3-9-24(30)10-4-21)22-5-11-25(31)12-6-22/h1-12,26H,13-19H2. The molecule has 3 aromatic rings. The van der Waals surface area contributed by atoms with Crippen LogP contribution in [0, 0.1) is 17.0 Å². The first-order chi connectivity index (χ1) is 16.4. The molecule has 6 heteroatoms. The van der Waals surface area contributed by atoms with Gasteiger partial charge in [-0.1, -0.05) is 48.0 Å². The second-order valence-electron chi connectivity index (χ2n) is 9.43. The molecule has 2 aliphatic heterocycles. The number of hydrogen-bond acceptors (Lipinski definition) is 2. The number of carbonyl (C=O) groups excluding carboxylic acids is 1. The highest BCUT2D eigenvalue weighted by atomic mass is 35.5. The summed E-state index contributed by atoms with van der Waals surface area (Å²) in [5.74, 6) is -0.324. The second-order valence-corrected chi connectivity index (χ2v) is 9.86. The smallest absolute Gasteiger partial charge is 0.229 e. The van der Waals surface area contributed by atoms with Crippen LogP contribution >= 0.6 is 11.6 Å². The minimum absolute atomic E-state index is 0.111. The first kappa shape index (κ1) is 23.0. The summed E-state index contributed by atoms with van der Waals surface area (Å²) in [6, 6.07) is 20.6. The van der Waals surface area contributed by atoms with E-state index in [0.29, 0.717) is 11.6 Å². The summed E-state index contributed by atoms with van der Waals surface area (Å²) in [5.41, 5.74) is 2.69. The SMILES string of the molecule is O=C1N(Cc2ccc(Cl)cc2)CCC12CCN(C(c1ccc(F)cc1)c1ccc(F)cc1)CC2. The Morgan fingerprint density at radius 2 is 1.26 bits per heavy atom. The van der Waals surface area contributed by atoms with Gasteiger partial charge in [-0.05, 0) is 72.4 Å². The summed E-state index contributed by atoms with van der Waals surface area (Å²) >= 11 is 5.99. The Labute approximate surface area is 203 Å². The van der Waals surface area contributed by atoms with Crippen molar-refractivity contribution in [2.45, 2.75) is 31.8 Å². The number of nitrogens with zero attached hydrogens (tertiary/aromatic N) is 2. The lowest BCUT2D eigenvalue weighted by atomic mass is 9.76. The van der Waals surface area contributed by atoms with Gasteiger partial charge in [0.15, 0.2) is 0 Å². The van der Waals surface area contributed by atoms with Crippen LogP contribution in [0.25, 0.3) is 0 Å². The van der Waals surface area contributed by atoms with Gasteiger partial charge in [0.25, 0.3) is 0 Å². The number of benzene rings is 3. The van der Waals surface area contributed by atoms with Gasteiger partial charge in [-0.15, -0.1) is 0 Å². The highest BCUT2D eigenvalue weighted by molar-refractivity contribution is 6.30. The van der Waals surface area contributed by atoms with Crippen molar-refractivity contribution in [3.8, 4) is 0 Å². The average Bonchev–Trinajstić information content (AvgIpc) is 3.14. The zero-order valence-corrected chi connectivity index (χ0v) is 19.6. The Balaban J connectivity index is 1.32. The Bertz CT molecular complexity index is 1100. The summed E-state index contributed by atoms with van der Waals surface area (Å²) in [6.07, 6.45) is 2.43. The van der Waals surface area contributed by atoms with E-state index in [4.69, 9.17) is 11.6 Å². The summed E-state index contributed by atoms with van der Waals surface area (Å²) in [7, 11) is 0. The molecule has 0 N–H and O–H groups in total. The van der Waals surface area contributed by atoms with Gasteiger partial charge in [-0.3, -0.25) is 9.69 Å². The molecule has 2 heterocycles. The van der Waals surface area contributed by atoms with Crippen molar-refractivity contribution in [1.82, 2.24) is 9.80 Å². The van der Waals surface area contributed by atoms with E-state index >= 15 is 0 Å². The summed E-state index contributed by atoms with van der Waals surface area (Å²) < 4.78 is 27.2. The number of amides is 1. The quantitative estimate of drug-likeness (QED) is 0.432. The number of halogens is 3. The van der Waals surface area contributed by atoms with Crippen molar-refractivity contribution < 1.29 is 13.6 Å². The fraction of sp³-hybridized carbons (Fsp3) is 0.321. The molecule has 1 spiro atoms. The summed E-state index contributed by atoms with van der Waals surface area (Å²) in [4.78, 5) is 17.7. The van der Waals surface area contributed by atoms with Crippen LogP contribution in [0.1, 0.15) is 42.0 Å². The van der Waals surface area contributed by atoms with E-state index in [1.54, 1.807) is 24.3 Å². The third-order valence-electron chi connectivity index (χ3n) is 7.38. The number of carbonyl (C=O) groups is 1. The number of hydrogen-bond donors (Lipinski definition) is 0. The van der Waals surface area contributed by atoms with Gasteiger partial charge in [0.1, 0.15) is 11.6 Å². The van der Waals surface area contributed by atoms with E-state index in [0.717, 1.165) is 55.6 Å². The third kappa shape index (κ3) is 4.59. The summed E-state index contributed by atoms with van der Waals surface area (Å²) in [5, 5.41) is 0.692. The van der Waals surface area contributed by atoms with Crippen LogP contribution in [0.3, 0.4) is 0 Å². The molecule has 0 bridgehead atoms. The molecule has 2 aliphatic rings. The van der Waals surface area contributed by atoms with Gasteiger partial charge in [0.05, 0.1) is 11.5 Å². The molecule has 0 radical (unpaired) electrons. The number of likely N-dealkylation sites (tertiary alicyclic amines) is 2. The molecule has 1 amide bonds. The highest BCUT2D eigenvalue weighted by Gasteiger charge is 2.48. The van der Waals surface area contributed by atoms with E-state index in [9.17, 15) is 13.6 Å². The molecule has 0 unspecified atom stereocenters. The van der Waals surface area contributed by atoms with Crippen LogP contribution in [0.4, 0.5) is 8.78 Å². The molecular formula is C28H27ClF2N2O. The summed E-state index contributed by atoms with van der Waals surface area (Å²) in [6.45, 7) is 2.87. The molecule has 176 valence electrons. The van der Waals surface area contributed by atoms with Gasteiger partial charge < -0.3 is 4.90 Å². The first-order valence-electron chi connectivity index (χ1n) is 11.7. The zero-order chi connectivity index (χ0) is 23.7. The van der Waals surface area contributed by atoms with Gasteiger partial charge in [-0.25, -0.2) is 8.78 Å². The van der Waals surface area contributed by atoms with Crippen LogP contribution in [0.15, 0.2) is 72.8 Å². The fourth-order valence-corrected chi connectivity index (χ4v) is 5.56. The molecule has 5 rings (SSSR count). The van der Waals surface area contributed by atoms with Crippen LogP contribution < -0.4 is 0 Å². The maximum absolute atomic E-state index is 13.6. The van der Waals surface area contributed by atoms with Gasteiger partial charge in [-0.2, -0.15) is 0 Å². The minimum Gasteiger partial charge on any atom is -0.338 e. The van der Waals surface area contributed by atoms with Crippen molar-refractivity contribution >= 4 is 17.5 Å². The molecule has 2 fully saturated rings. The van der Waals surface area contributed by atoms with Crippen LogP contribution in [-0.4, -0.2) is 35.3 Å². The molecular weight excluding hydrogens is 454 g/mol. The van der Waals surface area contributed by atoms with Gasteiger partial charge in [0.2, 0.25) is 5.91 Å². The topological polar surface area (TPSA) is 23.6 Å². The fourth-order valence-electron chi connectivity index (χ4n) is 5.43. The number of piperidine rings is 1. The lowest BCUT2D eigenvalue weighted by Crippen LogP contribution is -2.45. The molecule has 0 aliphatic carbocycles. The molecule has 3 nitrogen and oxygen atoms in total. The van der Waals surface area contributed by atoms with Crippen molar-refractivity contribution in [3.05, 3.63) is 106 Å². The molecule has 2 saturated heterocycles. The second kappa shape index (κ2) is 9.47. The van der Waals surface area contributed by atoms with Crippen molar-refractivity contribution in [3.63, 3.8) is 0 Å². The van der Waals surface area contributed by atoms with Crippen LogP contribution in [-0.2, 0) is 11.3 Å². The Hall–Kier alpha value is -2.76. The van der Waals surface area contributed by atoms with Gasteiger partial charge >= 0.3 is 0 Å². The maximum atomic E-state index is 13.6. The van der Waals surface area contributed by atoms with Gasteiger partial charge in [0, 0.05) is 31.2 Å². The van der Waals surface area contributed by atoms with Crippen LogP contribution in [0.5, 0.6) is 0 Å². The lowest BCUT2D eigenvalue weighted by Gasteiger charge is -2.42. The third-order valence-corrected chi connectivity index (χ3v) is 7.63. The average molecular weight is 481 g/mol. The first-order valence-corrected chi connectivity index (χ1v) is 12.1. The Kier molecular flexibility index (Phi) is 6.41. The molecule has 0 saturated carbocycles. The predicted molar refractivity (Wildman–Crippen MR) is 129 cm³/mol. The molecule has 3 aromatic carbocycles. The monoisotopic (exact) mass is 480 g/mol. The molecule has 0 atom stereocenters. The largest absolute Gasteiger partial charge is 0.338 e. The lowest BCUT2D eigenvalue weighted by molar-refractivity contribution is -0.139. The normalized spacial score (nSPS) is 18.2. The van der Waals surface area contributed by atoms with E-state index < -0.39 is 0 Å². The Morgan fingerprint density at radius 3 is 1.79 bits per heavy atom. The van der Waals surface area contributed by atoms with Crippen LogP contribution in [0.2, 0.25) is 5.02 Å². The van der Waals surface area contributed by atoms with E-state index in [2.05, 4.69) is 4.90 Å². The maximum Gasteiger partial charge on any atom is 0.229 e. The van der Waals surface area contributed by atoms with Crippen molar-refractivity contribution in [2.75, 3.05) is 19.6 Å². The minimum atomic E-state index is -0.320. The predicted octanol–water partition coefficient (Wildman–Crippen LogP) is 6.22. The zero-order valence-electron chi connectivity index (χ0n) is 18.9. The van der Waals surface area contributed by atoms with Crippen molar-refractivity contribution in [1.29, 1.82) is 0 Å². The Morgan fingerprint density at radius 1 is 0.765 bits per heavy atom. The van der Waals surface area contributed by atoms with E-state index in [1.165, 1.54) is 24.3 Å². The molecule has 0 aromatic heterocycles. The van der Waals surface area contributed by atoms with E-state index in [1.807, 2.05) is 29.2 Å². The molecule has 34 heavy (non-hydrogen) atoms. The number of rotatable bonds is 5. The van der Waals surface area contributed by atoms with E-state index in [-0.39, 0.29) is 29.0 Å². The highest BCUT2D eigenvalue weighted by Crippen LogP contribution is 2.44. The van der Waals surface area contributed by atoms with Crippen molar-refractivity contribution in [2.24, 2.45) is 5.41 Å².